The molecule has 4 rings (SSSR count). The van der Waals surface area contributed by atoms with Crippen molar-refractivity contribution in [2.24, 2.45) is 0 Å². The van der Waals surface area contributed by atoms with Crippen LogP contribution < -0.4 is 14.8 Å². The van der Waals surface area contributed by atoms with Crippen LogP contribution in [0.3, 0.4) is 0 Å². The molecule has 1 unspecified atom stereocenters. The topological polar surface area (TPSA) is 65.4 Å². The number of nitrogens with one attached hydrogen (secondary N) is 1. The second kappa shape index (κ2) is 7.62. The number of aromatic nitrogens is 2. The smallest absolute Gasteiger partial charge is 0.251 e. The third kappa shape index (κ3) is 4.26. The molecule has 3 aromatic rings. The van der Waals surface area contributed by atoms with Gasteiger partial charge in [0.15, 0.2) is 0 Å². The highest BCUT2D eigenvalue weighted by Crippen LogP contribution is 2.41. The van der Waals surface area contributed by atoms with Gasteiger partial charge in [-0.3, -0.25) is 4.79 Å². The monoisotopic (exact) mass is 391 g/mol. The van der Waals surface area contributed by atoms with Crippen LogP contribution in [-0.2, 0) is 6.54 Å². The highest BCUT2D eigenvalue weighted by atomic mass is 16.5. The average molecular weight is 391 g/mol. The van der Waals surface area contributed by atoms with Gasteiger partial charge in [-0.15, -0.1) is 0 Å². The molecular weight excluding hydrogens is 366 g/mol. The quantitative estimate of drug-likeness (QED) is 0.715. The Balaban J connectivity index is 1.50. The average Bonchev–Trinajstić information content (AvgIpc) is 3.20. The van der Waals surface area contributed by atoms with Gasteiger partial charge in [0.1, 0.15) is 17.1 Å². The number of amides is 1. The summed E-state index contributed by atoms with van der Waals surface area (Å²) in [7, 11) is 1.63. The van der Waals surface area contributed by atoms with E-state index in [1.165, 1.54) is 0 Å². The van der Waals surface area contributed by atoms with Crippen molar-refractivity contribution in [1.82, 2.24) is 14.9 Å². The molecule has 0 radical (unpaired) electrons. The van der Waals surface area contributed by atoms with Crippen molar-refractivity contribution in [2.75, 3.05) is 7.11 Å². The minimum Gasteiger partial charge on any atom is -0.497 e. The molecule has 0 spiro atoms. The summed E-state index contributed by atoms with van der Waals surface area (Å²) in [6, 6.07) is 13.3. The van der Waals surface area contributed by atoms with Gasteiger partial charge in [-0.2, -0.15) is 0 Å². The zero-order valence-corrected chi connectivity index (χ0v) is 16.9. The van der Waals surface area contributed by atoms with Crippen molar-refractivity contribution in [3.05, 3.63) is 77.9 Å². The molecule has 1 aliphatic heterocycles. The van der Waals surface area contributed by atoms with E-state index in [9.17, 15) is 4.79 Å². The Hall–Kier alpha value is -3.28. The molecule has 6 heteroatoms. The first-order valence-electron chi connectivity index (χ1n) is 9.66. The normalized spacial score (nSPS) is 17.1. The molecule has 1 aliphatic rings. The van der Waals surface area contributed by atoms with Crippen molar-refractivity contribution in [3.63, 3.8) is 0 Å². The van der Waals surface area contributed by atoms with Crippen LogP contribution in [0, 0.1) is 0 Å². The van der Waals surface area contributed by atoms with E-state index >= 15 is 0 Å². The Morgan fingerprint density at radius 2 is 2.07 bits per heavy atom. The molecule has 2 aromatic carbocycles. The fourth-order valence-electron chi connectivity index (χ4n) is 3.68. The summed E-state index contributed by atoms with van der Waals surface area (Å²) in [5.74, 6) is 1.39. The zero-order valence-electron chi connectivity index (χ0n) is 16.9. The van der Waals surface area contributed by atoms with Crippen LogP contribution in [0.4, 0.5) is 0 Å². The van der Waals surface area contributed by atoms with E-state index in [0.717, 1.165) is 29.2 Å². The van der Waals surface area contributed by atoms with E-state index in [0.29, 0.717) is 12.0 Å². The fraction of sp³-hybridized carbons (Fsp3) is 0.304. The van der Waals surface area contributed by atoms with Crippen LogP contribution in [0.15, 0.2) is 61.2 Å². The number of benzene rings is 2. The minimum atomic E-state index is -0.383. The molecule has 1 amide bonds. The third-order valence-corrected chi connectivity index (χ3v) is 5.12. The first-order valence-corrected chi connectivity index (χ1v) is 9.66. The Morgan fingerprint density at radius 3 is 2.76 bits per heavy atom. The van der Waals surface area contributed by atoms with E-state index < -0.39 is 0 Å². The lowest BCUT2D eigenvalue weighted by Crippen LogP contribution is -2.41. The molecular formula is C23H25N3O3. The highest BCUT2D eigenvalue weighted by Gasteiger charge is 2.35. The molecule has 1 atom stereocenters. The summed E-state index contributed by atoms with van der Waals surface area (Å²) >= 11 is 0. The molecule has 29 heavy (non-hydrogen) atoms. The third-order valence-electron chi connectivity index (χ3n) is 5.12. The molecule has 0 saturated carbocycles. The second-order valence-corrected chi connectivity index (χ2v) is 7.93. The van der Waals surface area contributed by atoms with E-state index in [1.54, 1.807) is 19.6 Å². The number of rotatable bonds is 5. The van der Waals surface area contributed by atoms with Crippen molar-refractivity contribution in [1.29, 1.82) is 0 Å². The number of nitrogens with zero attached hydrogens (tertiary/aromatic N) is 2. The first kappa shape index (κ1) is 19.1. The lowest BCUT2D eigenvalue weighted by molar-refractivity contribution is 0.0617. The molecule has 0 aliphatic carbocycles. The second-order valence-electron chi connectivity index (χ2n) is 7.93. The van der Waals surface area contributed by atoms with Gasteiger partial charge in [-0.25, -0.2) is 4.98 Å². The van der Waals surface area contributed by atoms with Crippen molar-refractivity contribution in [3.8, 4) is 11.5 Å². The van der Waals surface area contributed by atoms with Crippen molar-refractivity contribution >= 4 is 5.91 Å². The zero-order chi connectivity index (χ0) is 20.4. The maximum absolute atomic E-state index is 12.9. The molecule has 1 aromatic heterocycles. The predicted molar refractivity (Wildman–Crippen MR) is 110 cm³/mol. The summed E-state index contributed by atoms with van der Waals surface area (Å²) in [6.07, 6.45) is 6.14. The first-order chi connectivity index (χ1) is 13.9. The van der Waals surface area contributed by atoms with E-state index in [4.69, 9.17) is 9.47 Å². The number of methoxy groups -OCH3 is 1. The van der Waals surface area contributed by atoms with E-state index in [1.807, 2.05) is 67.1 Å². The molecule has 150 valence electrons. The maximum atomic E-state index is 12.9. The maximum Gasteiger partial charge on any atom is 0.251 e. The molecule has 0 saturated heterocycles. The number of carbonyl (C=O) groups excluding carboxylic acids is 1. The Bertz CT molecular complexity index is 995. The van der Waals surface area contributed by atoms with E-state index in [-0.39, 0.29) is 17.6 Å². The van der Waals surface area contributed by atoms with Crippen LogP contribution >= 0.6 is 0 Å². The largest absolute Gasteiger partial charge is 0.497 e. The number of hydrogen-bond acceptors (Lipinski definition) is 4. The predicted octanol–water partition coefficient (Wildman–Crippen LogP) is 3.97. The van der Waals surface area contributed by atoms with Crippen molar-refractivity contribution in [2.45, 2.75) is 38.5 Å². The molecule has 0 bridgehead atoms. The molecule has 0 fully saturated rings. The summed E-state index contributed by atoms with van der Waals surface area (Å²) in [5, 5.41) is 3.17. The summed E-state index contributed by atoms with van der Waals surface area (Å²) in [5.41, 5.74) is 2.34. The number of carbonyl (C=O) groups is 1. The van der Waals surface area contributed by atoms with Crippen LogP contribution in [-0.4, -0.2) is 28.2 Å². The lowest BCUT2D eigenvalue weighted by atomic mass is 9.89. The van der Waals surface area contributed by atoms with Gasteiger partial charge in [0, 0.05) is 42.6 Å². The van der Waals surface area contributed by atoms with Crippen LogP contribution in [0.2, 0.25) is 0 Å². The minimum absolute atomic E-state index is 0.0938. The summed E-state index contributed by atoms with van der Waals surface area (Å²) in [4.78, 5) is 16.9. The fourth-order valence-corrected chi connectivity index (χ4v) is 3.68. The highest BCUT2D eigenvalue weighted by molar-refractivity contribution is 5.94. The molecule has 2 heterocycles. The molecule has 6 nitrogen and oxygen atoms in total. The van der Waals surface area contributed by atoms with Gasteiger partial charge in [-0.05, 0) is 43.7 Å². The Morgan fingerprint density at radius 1 is 1.28 bits per heavy atom. The van der Waals surface area contributed by atoms with Gasteiger partial charge >= 0.3 is 0 Å². The number of fused-ring (bicyclic) bond motifs is 1. The van der Waals surface area contributed by atoms with Crippen LogP contribution in [0.5, 0.6) is 11.5 Å². The number of imidazole rings is 1. The summed E-state index contributed by atoms with van der Waals surface area (Å²) < 4.78 is 13.4. The standard InChI is InChI=1S/C23H25N3O3/c1-23(2)13-20(19-9-8-18(28-3)12-21(19)29-23)25-22(27)17-6-4-16(5-7-17)14-26-11-10-24-15-26/h4-12,15,20H,13-14H2,1-3H3,(H,25,27). The lowest BCUT2D eigenvalue weighted by Gasteiger charge is -2.38. The van der Waals surface area contributed by atoms with Gasteiger partial charge in [-0.1, -0.05) is 12.1 Å². The summed E-state index contributed by atoms with van der Waals surface area (Å²) in [6.45, 7) is 4.78. The van der Waals surface area contributed by atoms with Gasteiger partial charge in [0.2, 0.25) is 0 Å². The van der Waals surface area contributed by atoms with Gasteiger partial charge < -0.3 is 19.4 Å². The molecule has 1 N–H and O–H groups in total. The number of ether oxygens (including phenoxy) is 2. The number of hydrogen-bond donors (Lipinski definition) is 1. The van der Waals surface area contributed by atoms with E-state index in [2.05, 4.69) is 10.3 Å². The van der Waals surface area contributed by atoms with Gasteiger partial charge in [0.25, 0.3) is 5.91 Å². The van der Waals surface area contributed by atoms with Gasteiger partial charge in [0.05, 0.1) is 19.5 Å². The van der Waals surface area contributed by atoms with Crippen molar-refractivity contribution < 1.29 is 14.3 Å². The Labute approximate surface area is 170 Å². The van der Waals surface area contributed by atoms with Crippen LogP contribution in [0.25, 0.3) is 0 Å². The Kier molecular flexibility index (Phi) is 5.01. The van der Waals surface area contributed by atoms with Crippen LogP contribution in [0.1, 0.15) is 47.8 Å². The SMILES string of the molecule is COc1ccc2c(c1)OC(C)(C)CC2NC(=O)c1ccc(Cn2ccnc2)cc1.